The number of carboxylic acid groups (broad SMARTS) is 1. The van der Waals surface area contributed by atoms with Crippen molar-refractivity contribution in [2.24, 2.45) is 5.16 Å². The number of β-lactam (4-membered cyclic amide) rings is 1. The number of carbonyl (C=O) groups is 3. The fourth-order valence-corrected chi connectivity index (χ4v) is 8.30. The Morgan fingerprint density at radius 1 is 1.29 bits per heavy atom. The standard InChI is InChI=1S/C23H19N9O5S4/c24-22-27-13(10-39-22)15(29-37)18(33)28-16-19(34)32-17(21(35)36)11(7-38-20(16)32)8-40-23-26-12(9-41-23)6-30-4-5-31-14(30)2-1-3-25-31/h1-5,9-10,16,20H,6-8H2,(H4-,24,27,28,33,35,36,37)/p+1/t16-,20?/m1/s1. The molecular formula is C23H20N9O5S4+. The van der Waals surface area contributed by atoms with Crippen LogP contribution in [0.2, 0.25) is 0 Å². The lowest BCUT2D eigenvalue weighted by atomic mass is 10.0. The molecule has 4 aromatic heterocycles. The zero-order valence-electron chi connectivity index (χ0n) is 20.8. The third-order valence-electron chi connectivity index (χ3n) is 6.29. The number of fused-ring (bicyclic) bond motifs is 2. The second kappa shape index (κ2) is 11.1. The number of aromatic nitrogens is 5. The van der Waals surface area contributed by atoms with Crippen LogP contribution in [0.15, 0.2) is 62.2 Å². The number of anilines is 1. The normalized spacial score (nSPS) is 18.9. The third-order valence-corrected chi connectivity index (χ3v) is 10.5. The number of rotatable bonds is 9. The molecule has 2 atom stereocenters. The van der Waals surface area contributed by atoms with E-state index in [1.807, 2.05) is 34.5 Å². The molecular weight excluding hydrogens is 611 g/mol. The maximum absolute atomic E-state index is 13.0. The summed E-state index contributed by atoms with van der Waals surface area (Å²) in [6, 6.07) is 2.85. The van der Waals surface area contributed by atoms with Crippen LogP contribution in [0.1, 0.15) is 11.4 Å². The predicted molar refractivity (Wildman–Crippen MR) is 152 cm³/mol. The average Bonchev–Trinajstić information content (AvgIpc) is 3.71. The predicted octanol–water partition coefficient (Wildman–Crippen LogP) is 0.875. The molecule has 1 fully saturated rings. The van der Waals surface area contributed by atoms with Crippen LogP contribution in [0.4, 0.5) is 5.13 Å². The molecule has 0 radical (unpaired) electrons. The Labute approximate surface area is 247 Å². The number of carbonyl (C=O) groups excluding carboxylic acids is 2. The Morgan fingerprint density at radius 3 is 2.90 bits per heavy atom. The van der Waals surface area contributed by atoms with Gasteiger partial charge in [0.15, 0.2) is 21.4 Å². The smallest absolute Gasteiger partial charge is 0.352 e. The van der Waals surface area contributed by atoms with Gasteiger partial charge in [0.05, 0.1) is 11.9 Å². The lowest BCUT2D eigenvalue weighted by Gasteiger charge is -2.49. The molecule has 1 saturated heterocycles. The molecule has 1 unspecified atom stereocenters. The first-order valence-corrected chi connectivity index (χ1v) is 15.7. The molecule has 0 aliphatic carbocycles. The van der Waals surface area contributed by atoms with E-state index in [1.165, 1.54) is 45.1 Å². The number of aliphatic carboxylic acids is 1. The SMILES string of the molecule is Nc1nc(/C(=N\O)C(=O)N[C@@H]2C(=O)N3C(C(=O)O)=C(CSc4nc(C[n+]5ccn6ncccc65)cs4)CSC23)cs1. The Kier molecular flexibility index (Phi) is 7.37. The van der Waals surface area contributed by atoms with E-state index in [2.05, 4.69) is 25.5 Å². The molecule has 18 heteroatoms. The topological polar surface area (TPSA) is 192 Å². The van der Waals surface area contributed by atoms with Crippen LogP contribution in [0.3, 0.4) is 0 Å². The van der Waals surface area contributed by atoms with Crippen LogP contribution in [0, 0.1) is 0 Å². The van der Waals surface area contributed by atoms with Crippen molar-refractivity contribution in [3.05, 3.63) is 64.1 Å². The second-order valence-electron chi connectivity index (χ2n) is 8.78. The van der Waals surface area contributed by atoms with Crippen LogP contribution >= 0.6 is 46.2 Å². The number of carboxylic acids is 1. The number of nitrogens with one attached hydrogen (secondary N) is 1. The monoisotopic (exact) mass is 630 g/mol. The highest BCUT2D eigenvalue weighted by molar-refractivity contribution is 8.01. The molecule has 0 spiro atoms. The molecule has 2 amide bonds. The second-order valence-corrected chi connectivity index (χ2v) is 12.9. The third kappa shape index (κ3) is 5.14. The Hall–Kier alpha value is -4.00. The maximum Gasteiger partial charge on any atom is 0.352 e. The number of nitrogen functional groups attached to an aromatic ring is 1. The van der Waals surface area contributed by atoms with Crippen LogP contribution < -0.4 is 15.6 Å². The number of amides is 2. The Balaban J connectivity index is 1.11. The Bertz CT molecular complexity index is 1750. The summed E-state index contributed by atoms with van der Waals surface area (Å²) in [6.45, 7) is 0.563. The summed E-state index contributed by atoms with van der Waals surface area (Å²) in [6.07, 6.45) is 5.52. The van der Waals surface area contributed by atoms with Gasteiger partial charge < -0.3 is 21.4 Å². The largest absolute Gasteiger partial charge is 0.477 e. The van der Waals surface area contributed by atoms with Crippen molar-refractivity contribution < 1.29 is 29.3 Å². The van der Waals surface area contributed by atoms with Crippen molar-refractivity contribution in [1.82, 2.24) is 29.8 Å². The van der Waals surface area contributed by atoms with Gasteiger partial charge in [-0.15, -0.1) is 39.0 Å². The highest BCUT2D eigenvalue weighted by Crippen LogP contribution is 2.41. The quantitative estimate of drug-likeness (QED) is 0.0512. The minimum absolute atomic E-state index is 0.0702. The van der Waals surface area contributed by atoms with E-state index in [4.69, 9.17) is 5.73 Å². The average molecular weight is 631 g/mol. The van der Waals surface area contributed by atoms with E-state index in [0.29, 0.717) is 23.6 Å². The van der Waals surface area contributed by atoms with Crippen LogP contribution in [0.5, 0.6) is 0 Å². The van der Waals surface area contributed by atoms with E-state index in [1.54, 1.807) is 10.7 Å². The fourth-order valence-electron chi connectivity index (χ4n) is 4.43. The van der Waals surface area contributed by atoms with Gasteiger partial charge in [0.25, 0.3) is 11.8 Å². The van der Waals surface area contributed by atoms with Gasteiger partial charge in [-0.2, -0.15) is 0 Å². The number of thioether (sulfide) groups is 2. The molecule has 2 aliphatic heterocycles. The summed E-state index contributed by atoms with van der Waals surface area (Å²) >= 11 is 5.30. The molecule has 4 aromatic rings. The Morgan fingerprint density at radius 2 is 2.15 bits per heavy atom. The molecule has 0 bridgehead atoms. The van der Waals surface area contributed by atoms with Gasteiger partial charge in [0, 0.05) is 28.3 Å². The number of imidazole rings is 1. The van der Waals surface area contributed by atoms with E-state index in [9.17, 15) is 24.7 Å². The number of nitrogens with zero attached hydrogens (tertiary/aromatic N) is 7. The van der Waals surface area contributed by atoms with Gasteiger partial charge in [-0.1, -0.05) is 22.0 Å². The van der Waals surface area contributed by atoms with Gasteiger partial charge in [0.1, 0.15) is 35.5 Å². The minimum atomic E-state index is -1.22. The number of oxime groups is 1. The zero-order chi connectivity index (χ0) is 28.7. The molecule has 14 nitrogen and oxygen atoms in total. The van der Waals surface area contributed by atoms with Crippen molar-refractivity contribution in [3.8, 4) is 0 Å². The fraction of sp³-hybridized carbons (Fsp3) is 0.217. The highest BCUT2D eigenvalue weighted by Gasteiger charge is 2.54. The van der Waals surface area contributed by atoms with E-state index >= 15 is 0 Å². The first kappa shape index (κ1) is 27.2. The van der Waals surface area contributed by atoms with Gasteiger partial charge in [0.2, 0.25) is 0 Å². The van der Waals surface area contributed by atoms with E-state index in [-0.39, 0.29) is 22.2 Å². The van der Waals surface area contributed by atoms with Crippen LogP contribution in [-0.4, -0.2) is 81.2 Å². The molecule has 6 heterocycles. The molecule has 0 aromatic carbocycles. The van der Waals surface area contributed by atoms with Gasteiger partial charge in [-0.25, -0.2) is 19.3 Å². The summed E-state index contributed by atoms with van der Waals surface area (Å²) in [5, 5.41) is 32.1. The highest BCUT2D eigenvalue weighted by atomic mass is 32.2. The lowest BCUT2D eigenvalue weighted by molar-refractivity contribution is -0.662. The summed E-state index contributed by atoms with van der Waals surface area (Å²) in [4.78, 5) is 47.7. The first-order chi connectivity index (χ1) is 19.8. The van der Waals surface area contributed by atoms with Gasteiger partial charge >= 0.3 is 11.6 Å². The molecule has 2 aliphatic rings. The van der Waals surface area contributed by atoms with Crippen molar-refractivity contribution in [2.45, 2.75) is 22.3 Å². The molecule has 41 heavy (non-hydrogen) atoms. The number of hydrogen-bond acceptors (Lipinski definition) is 13. The molecule has 5 N–H and O–H groups in total. The lowest BCUT2D eigenvalue weighted by Crippen LogP contribution is -2.71. The minimum Gasteiger partial charge on any atom is -0.477 e. The van der Waals surface area contributed by atoms with Crippen LogP contribution in [-0.2, 0) is 20.9 Å². The molecule has 6 rings (SSSR count). The summed E-state index contributed by atoms with van der Waals surface area (Å²) in [5.41, 5.74) is 7.58. The van der Waals surface area contributed by atoms with Gasteiger partial charge in [-0.3, -0.25) is 14.5 Å². The number of nitrogens with two attached hydrogens (primary N) is 1. The first-order valence-electron chi connectivity index (χ1n) is 11.9. The van der Waals surface area contributed by atoms with Crippen LogP contribution in [0.25, 0.3) is 5.65 Å². The summed E-state index contributed by atoms with van der Waals surface area (Å²) in [5.74, 6) is -1.90. The van der Waals surface area contributed by atoms with Gasteiger partial charge in [-0.05, 0) is 11.6 Å². The zero-order valence-corrected chi connectivity index (χ0v) is 24.0. The molecule has 210 valence electrons. The number of thiazole rings is 2. The number of hydrogen-bond donors (Lipinski definition) is 4. The van der Waals surface area contributed by atoms with Crippen molar-refractivity contribution in [3.63, 3.8) is 0 Å². The van der Waals surface area contributed by atoms with E-state index in [0.717, 1.165) is 27.0 Å². The van der Waals surface area contributed by atoms with Crippen molar-refractivity contribution in [1.29, 1.82) is 0 Å². The maximum atomic E-state index is 13.0. The van der Waals surface area contributed by atoms with E-state index < -0.39 is 29.2 Å². The molecule has 0 saturated carbocycles. The van der Waals surface area contributed by atoms with Crippen molar-refractivity contribution >= 4 is 80.5 Å². The summed E-state index contributed by atoms with van der Waals surface area (Å²) < 4.78 is 4.59. The van der Waals surface area contributed by atoms with Crippen molar-refractivity contribution in [2.75, 3.05) is 17.2 Å². The summed E-state index contributed by atoms with van der Waals surface area (Å²) in [7, 11) is 0.